The van der Waals surface area contributed by atoms with Crippen LogP contribution >= 0.6 is 22.7 Å². The quantitative estimate of drug-likeness (QED) is 0.870. The summed E-state index contributed by atoms with van der Waals surface area (Å²) < 4.78 is 0. The number of hydrogen-bond acceptors (Lipinski definition) is 6. The number of nitrogens with one attached hydrogen (secondary N) is 1. The molecule has 2 aromatic rings. The third-order valence-electron chi connectivity index (χ3n) is 2.57. The number of carbonyl (C=O) groups is 1. The van der Waals surface area contributed by atoms with Gasteiger partial charge in [-0.15, -0.1) is 22.7 Å². The molecule has 0 bridgehead atoms. The molecule has 2 aromatic heterocycles. The van der Waals surface area contributed by atoms with E-state index in [0.717, 1.165) is 18.5 Å². The number of carbonyl (C=O) groups excluding carboxylic acids is 1. The molecule has 0 aromatic carbocycles. The molecule has 0 aliphatic heterocycles. The van der Waals surface area contributed by atoms with Gasteiger partial charge in [0, 0.05) is 10.3 Å². The molecule has 3 rings (SSSR count). The number of nitrogens with two attached hydrogens (primary N) is 1. The van der Waals surface area contributed by atoms with Gasteiger partial charge in [0.15, 0.2) is 10.3 Å². The normalized spacial score (nSPS) is 13.6. The van der Waals surface area contributed by atoms with Crippen molar-refractivity contribution in [3.05, 3.63) is 21.6 Å². The Balaban J connectivity index is 1.76. The van der Waals surface area contributed by atoms with Crippen molar-refractivity contribution in [2.24, 2.45) is 0 Å². The van der Waals surface area contributed by atoms with Crippen LogP contribution in [0.5, 0.6) is 0 Å². The molecule has 0 saturated carbocycles. The average Bonchev–Trinajstić information content (AvgIpc) is 2.92. The van der Waals surface area contributed by atoms with E-state index in [2.05, 4.69) is 15.3 Å². The van der Waals surface area contributed by atoms with Crippen molar-refractivity contribution in [3.8, 4) is 0 Å². The van der Waals surface area contributed by atoms with Crippen molar-refractivity contribution in [1.82, 2.24) is 9.97 Å². The van der Waals surface area contributed by atoms with Gasteiger partial charge in [0.05, 0.1) is 5.69 Å². The molecule has 0 radical (unpaired) electrons. The number of anilines is 2. The standard InChI is InChI=1S/C10H10N4OS2/c11-9-12-6(4-16-9)8(15)14-10-13-5-2-1-3-7(5)17-10/h4H,1-3H2,(H2,11,12)(H,13,14,15). The predicted molar refractivity (Wildman–Crippen MR) is 68.6 cm³/mol. The minimum Gasteiger partial charge on any atom is -0.375 e. The lowest BCUT2D eigenvalue weighted by molar-refractivity contribution is 0.102. The Morgan fingerprint density at radius 1 is 1.41 bits per heavy atom. The maximum atomic E-state index is 11.8. The van der Waals surface area contributed by atoms with Crippen molar-refractivity contribution in [2.45, 2.75) is 19.3 Å². The van der Waals surface area contributed by atoms with Crippen LogP contribution in [0, 0.1) is 0 Å². The summed E-state index contributed by atoms with van der Waals surface area (Å²) in [6, 6.07) is 0. The van der Waals surface area contributed by atoms with Crippen LogP contribution in [0.3, 0.4) is 0 Å². The summed E-state index contributed by atoms with van der Waals surface area (Å²) in [6.45, 7) is 0. The van der Waals surface area contributed by atoms with E-state index >= 15 is 0 Å². The van der Waals surface area contributed by atoms with Crippen molar-refractivity contribution < 1.29 is 4.79 Å². The summed E-state index contributed by atoms with van der Waals surface area (Å²) in [4.78, 5) is 21.4. The molecule has 0 fully saturated rings. The summed E-state index contributed by atoms with van der Waals surface area (Å²) in [5.41, 5.74) is 6.96. The van der Waals surface area contributed by atoms with E-state index in [1.807, 2.05) is 0 Å². The zero-order chi connectivity index (χ0) is 11.8. The highest BCUT2D eigenvalue weighted by Gasteiger charge is 2.18. The Morgan fingerprint density at radius 3 is 3.00 bits per heavy atom. The number of rotatable bonds is 2. The Bertz CT molecular complexity index is 553. The van der Waals surface area contributed by atoms with Gasteiger partial charge in [-0.05, 0) is 19.3 Å². The fraction of sp³-hybridized carbons (Fsp3) is 0.300. The van der Waals surface area contributed by atoms with Crippen LogP contribution in [0.4, 0.5) is 10.3 Å². The van der Waals surface area contributed by atoms with Crippen molar-refractivity contribution >= 4 is 38.8 Å². The average molecular weight is 266 g/mol. The second-order valence-corrected chi connectivity index (χ2v) is 5.74. The molecule has 0 atom stereocenters. The maximum absolute atomic E-state index is 11.8. The summed E-state index contributed by atoms with van der Waals surface area (Å²) in [5.74, 6) is -0.245. The lowest BCUT2D eigenvalue weighted by atomic mass is 10.4. The van der Waals surface area contributed by atoms with Crippen LogP contribution in [0.2, 0.25) is 0 Å². The van der Waals surface area contributed by atoms with E-state index in [1.165, 1.54) is 22.6 Å². The largest absolute Gasteiger partial charge is 0.375 e. The van der Waals surface area contributed by atoms with Gasteiger partial charge < -0.3 is 5.73 Å². The number of thiazole rings is 2. The first-order chi connectivity index (χ1) is 8.22. The molecule has 88 valence electrons. The zero-order valence-corrected chi connectivity index (χ0v) is 10.5. The molecule has 1 aliphatic rings. The molecule has 1 aliphatic carbocycles. The van der Waals surface area contributed by atoms with Gasteiger partial charge in [-0.2, -0.15) is 0 Å². The molecular weight excluding hydrogens is 256 g/mol. The van der Waals surface area contributed by atoms with Crippen LogP contribution < -0.4 is 11.1 Å². The molecule has 7 heteroatoms. The SMILES string of the molecule is Nc1nc(C(=O)Nc2nc3c(s2)CCC3)cs1. The summed E-state index contributed by atoms with van der Waals surface area (Å²) in [5, 5.41) is 5.46. The van der Waals surface area contributed by atoms with Crippen LogP contribution in [0.25, 0.3) is 0 Å². The monoisotopic (exact) mass is 266 g/mol. The molecule has 5 nitrogen and oxygen atoms in total. The van der Waals surface area contributed by atoms with Crippen molar-refractivity contribution in [2.75, 3.05) is 11.1 Å². The highest BCUT2D eigenvalue weighted by Crippen LogP contribution is 2.30. The van der Waals surface area contributed by atoms with Gasteiger partial charge >= 0.3 is 0 Å². The first kappa shape index (κ1) is 10.7. The second-order valence-electron chi connectivity index (χ2n) is 3.77. The minimum absolute atomic E-state index is 0.245. The molecule has 1 amide bonds. The van der Waals surface area contributed by atoms with E-state index in [9.17, 15) is 4.79 Å². The molecular formula is C10H10N4OS2. The summed E-state index contributed by atoms with van der Waals surface area (Å²) >= 11 is 2.81. The van der Waals surface area contributed by atoms with Gasteiger partial charge in [-0.3, -0.25) is 10.1 Å². The number of hydrogen-bond donors (Lipinski definition) is 2. The van der Waals surface area contributed by atoms with E-state index in [4.69, 9.17) is 5.73 Å². The third-order valence-corrected chi connectivity index (χ3v) is 4.32. The van der Waals surface area contributed by atoms with Gasteiger partial charge in [0.25, 0.3) is 5.91 Å². The van der Waals surface area contributed by atoms with Gasteiger partial charge in [-0.25, -0.2) is 9.97 Å². The molecule has 2 heterocycles. The Morgan fingerprint density at radius 2 is 2.29 bits per heavy atom. The van der Waals surface area contributed by atoms with Gasteiger partial charge in [0.2, 0.25) is 0 Å². The molecule has 0 unspecified atom stereocenters. The molecule has 17 heavy (non-hydrogen) atoms. The van der Waals surface area contributed by atoms with Crippen molar-refractivity contribution in [1.29, 1.82) is 0 Å². The summed E-state index contributed by atoms with van der Waals surface area (Å²) in [6.07, 6.45) is 3.27. The highest BCUT2D eigenvalue weighted by atomic mass is 32.1. The van der Waals surface area contributed by atoms with E-state index in [-0.39, 0.29) is 5.91 Å². The van der Waals surface area contributed by atoms with Gasteiger partial charge in [0.1, 0.15) is 5.69 Å². The number of aromatic nitrogens is 2. The topological polar surface area (TPSA) is 80.9 Å². The molecule has 3 N–H and O–H groups in total. The van der Waals surface area contributed by atoms with Crippen LogP contribution in [0.1, 0.15) is 27.5 Å². The number of nitrogen functional groups attached to an aromatic ring is 1. The molecule has 0 spiro atoms. The minimum atomic E-state index is -0.245. The van der Waals surface area contributed by atoms with Gasteiger partial charge in [-0.1, -0.05) is 0 Å². The van der Waals surface area contributed by atoms with Crippen LogP contribution in [-0.4, -0.2) is 15.9 Å². The van der Waals surface area contributed by atoms with E-state index < -0.39 is 0 Å². The fourth-order valence-electron chi connectivity index (χ4n) is 1.80. The van der Waals surface area contributed by atoms with E-state index in [1.54, 1.807) is 16.7 Å². The Kier molecular flexibility index (Phi) is 2.56. The van der Waals surface area contributed by atoms with Crippen molar-refractivity contribution in [3.63, 3.8) is 0 Å². The van der Waals surface area contributed by atoms with Crippen LogP contribution in [-0.2, 0) is 12.8 Å². The highest BCUT2D eigenvalue weighted by molar-refractivity contribution is 7.16. The lowest BCUT2D eigenvalue weighted by Crippen LogP contribution is -2.12. The second kappa shape index (κ2) is 4.08. The maximum Gasteiger partial charge on any atom is 0.276 e. The molecule has 0 saturated heterocycles. The Labute approximate surface area is 106 Å². The summed E-state index contributed by atoms with van der Waals surface area (Å²) in [7, 11) is 0. The number of aryl methyl sites for hydroxylation is 2. The first-order valence-electron chi connectivity index (χ1n) is 5.23. The zero-order valence-electron chi connectivity index (χ0n) is 8.90. The van der Waals surface area contributed by atoms with E-state index in [0.29, 0.717) is 16.0 Å². The third kappa shape index (κ3) is 2.03. The fourth-order valence-corrected chi connectivity index (χ4v) is 3.38. The predicted octanol–water partition coefficient (Wildman–Crippen LogP) is 1.92. The van der Waals surface area contributed by atoms with Crippen LogP contribution in [0.15, 0.2) is 5.38 Å². The number of amides is 1. The number of nitrogens with zero attached hydrogens (tertiary/aromatic N) is 2. The number of fused-ring (bicyclic) bond motifs is 1. The Hall–Kier alpha value is -1.47. The first-order valence-corrected chi connectivity index (χ1v) is 6.93. The smallest absolute Gasteiger partial charge is 0.276 e. The lowest BCUT2D eigenvalue weighted by Gasteiger charge is -1.97.